The van der Waals surface area contributed by atoms with Crippen molar-refractivity contribution in [2.45, 2.75) is 4.90 Å². The Morgan fingerprint density at radius 3 is 2.92 bits per heavy atom. The number of carbonyl (C=O) groups excluding carboxylic acids is 1. The van der Waals surface area contributed by atoms with Gasteiger partial charge in [0, 0.05) is 8.47 Å². The molecule has 12 heavy (non-hydrogen) atoms. The van der Waals surface area contributed by atoms with Crippen molar-refractivity contribution in [1.82, 2.24) is 0 Å². The number of thioether (sulfide) groups is 1. The third kappa shape index (κ3) is 1.17. The molecule has 0 bridgehead atoms. The van der Waals surface area contributed by atoms with E-state index in [0.29, 0.717) is 5.75 Å². The maximum Gasteiger partial charge on any atom is 0.177 e. The zero-order valence-corrected chi connectivity index (χ0v) is 8.91. The predicted octanol–water partition coefficient (Wildman–Crippen LogP) is 2.72. The van der Waals surface area contributed by atoms with Crippen molar-refractivity contribution in [2.75, 3.05) is 5.75 Å². The molecule has 0 fully saturated rings. The van der Waals surface area contributed by atoms with E-state index in [-0.39, 0.29) is 17.2 Å². The highest BCUT2D eigenvalue weighted by molar-refractivity contribution is 14.1. The van der Waals surface area contributed by atoms with E-state index in [0.717, 1.165) is 8.47 Å². The molecule has 0 N–H and O–H groups in total. The van der Waals surface area contributed by atoms with E-state index in [2.05, 4.69) is 22.6 Å². The van der Waals surface area contributed by atoms with Gasteiger partial charge in [0.25, 0.3) is 0 Å². The zero-order valence-electron chi connectivity index (χ0n) is 5.93. The Morgan fingerprint density at radius 1 is 1.50 bits per heavy atom. The molecule has 1 aliphatic heterocycles. The second-order valence-corrected chi connectivity index (χ2v) is 4.59. The minimum atomic E-state index is -0.389. The van der Waals surface area contributed by atoms with Gasteiger partial charge in [-0.1, -0.05) is 0 Å². The van der Waals surface area contributed by atoms with E-state index < -0.39 is 0 Å². The Morgan fingerprint density at radius 2 is 2.25 bits per heavy atom. The van der Waals surface area contributed by atoms with Gasteiger partial charge < -0.3 is 0 Å². The van der Waals surface area contributed by atoms with Crippen LogP contribution in [0.5, 0.6) is 0 Å². The van der Waals surface area contributed by atoms with E-state index in [4.69, 9.17) is 0 Å². The monoisotopic (exact) mass is 294 g/mol. The summed E-state index contributed by atoms with van der Waals surface area (Å²) in [7, 11) is 0. The van der Waals surface area contributed by atoms with Crippen LogP contribution in [0, 0.1) is 9.39 Å². The molecule has 0 aromatic heterocycles. The van der Waals surface area contributed by atoms with Crippen molar-refractivity contribution in [3.8, 4) is 0 Å². The normalized spacial score (nSPS) is 15.0. The summed E-state index contributed by atoms with van der Waals surface area (Å²) in [6.45, 7) is 0. The minimum absolute atomic E-state index is 0.0917. The SMILES string of the molecule is O=C1CSc2c(I)ccc(F)c21. The summed E-state index contributed by atoms with van der Waals surface area (Å²) in [5.41, 5.74) is 0.284. The van der Waals surface area contributed by atoms with Crippen LogP contribution in [-0.4, -0.2) is 11.5 Å². The summed E-state index contributed by atoms with van der Waals surface area (Å²) >= 11 is 3.53. The Kier molecular flexibility index (Phi) is 2.12. The minimum Gasteiger partial charge on any atom is -0.293 e. The van der Waals surface area contributed by atoms with Crippen molar-refractivity contribution >= 4 is 40.1 Å². The van der Waals surface area contributed by atoms with Crippen molar-refractivity contribution in [1.29, 1.82) is 0 Å². The van der Waals surface area contributed by atoms with Crippen molar-refractivity contribution in [3.63, 3.8) is 0 Å². The molecule has 1 aliphatic rings. The maximum absolute atomic E-state index is 13.1. The quantitative estimate of drug-likeness (QED) is 0.684. The summed E-state index contributed by atoms with van der Waals surface area (Å²) < 4.78 is 14.0. The standard InChI is InChI=1S/C8H4FIOS/c9-4-1-2-5(10)8-7(4)6(11)3-12-8/h1-2H,3H2. The number of fused-ring (bicyclic) bond motifs is 1. The predicted molar refractivity (Wildman–Crippen MR) is 54.2 cm³/mol. The Bertz CT molecular complexity index is 364. The molecule has 62 valence electrons. The van der Waals surface area contributed by atoms with Gasteiger partial charge in [0.1, 0.15) is 5.82 Å². The van der Waals surface area contributed by atoms with Gasteiger partial charge in [-0.05, 0) is 34.7 Å². The molecule has 1 aromatic rings. The van der Waals surface area contributed by atoms with Gasteiger partial charge >= 0.3 is 0 Å². The highest BCUT2D eigenvalue weighted by atomic mass is 127. The van der Waals surface area contributed by atoms with Crippen LogP contribution in [0.1, 0.15) is 10.4 Å². The van der Waals surface area contributed by atoms with Gasteiger partial charge in [0.15, 0.2) is 5.78 Å². The number of halogens is 2. The number of hydrogen-bond acceptors (Lipinski definition) is 2. The molecule has 0 saturated heterocycles. The fourth-order valence-corrected chi connectivity index (χ4v) is 3.04. The molecule has 1 aromatic carbocycles. The first-order chi connectivity index (χ1) is 5.70. The van der Waals surface area contributed by atoms with E-state index in [1.165, 1.54) is 17.8 Å². The first-order valence-corrected chi connectivity index (χ1v) is 5.40. The average molecular weight is 294 g/mol. The van der Waals surface area contributed by atoms with Crippen LogP contribution >= 0.6 is 34.4 Å². The third-order valence-electron chi connectivity index (χ3n) is 1.69. The lowest BCUT2D eigenvalue weighted by atomic mass is 10.1. The van der Waals surface area contributed by atoms with Crippen molar-refractivity contribution in [2.24, 2.45) is 0 Å². The van der Waals surface area contributed by atoms with E-state index in [1.807, 2.05) is 0 Å². The van der Waals surface area contributed by atoms with Gasteiger partial charge in [-0.3, -0.25) is 4.79 Å². The first kappa shape index (κ1) is 8.50. The number of carbonyl (C=O) groups is 1. The molecule has 0 atom stereocenters. The largest absolute Gasteiger partial charge is 0.293 e. The highest BCUT2D eigenvalue weighted by Gasteiger charge is 2.25. The number of Topliss-reactive ketones (excluding diaryl/α,β-unsaturated/α-hetero) is 1. The van der Waals surface area contributed by atoms with Crippen LogP contribution < -0.4 is 0 Å². The number of benzene rings is 1. The summed E-state index contributed by atoms with van der Waals surface area (Å²) in [6, 6.07) is 3.05. The van der Waals surface area contributed by atoms with Crippen LogP contribution in [0.15, 0.2) is 17.0 Å². The Hall–Kier alpha value is -0.100. The molecule has 4 heteroatoms. The van der Waals surface area contributed by atoms with Crippen LogP contribution in [0.3, 0.4) is 0 Å². The first-order valence-electron chi connectivity index (χ1n) is 3.34. The van der Waals surface area contributed by atoms with Crippen LogP contribution in [0.2, 0.25) is 0 Å². The summed E-state index contributed by atoms with van der Waals surface area (Å²) in [5.74, 6) is -0.0989. The summed E-state index contributed by atoms with van der Waals surface area (Å²) in [5, 5.41) is 0. The van der Waals surface area contributed by atoms with Gasteiger partial charge in [-0.25, -0.2) is 4.39 Å². The molecular formula is C8H4FIOS. The third-order valence-corrected chi connectivity index (χ3v) is 4.07. The smallest absolute Gasteiger partial charge is 0.177 e. The van der Waals surface area contributed by atoms with Crippen LogP contribution in [-0.2, 0) is 0 Å². The lowest BCUT2D eigenvalue weighted by Gasteiger charge is -1.99. The van der Waals surface area contributed by atoms with Crippen molar-refractivity contribution in [3.05, 3.63) is 27.1 Å². The van der Waals surface area contributed by atoms with E-state index >= 15 is 0 Å². The Balaban J connectivity index is 2.72. The topological polar surface area (TPSA) is 17.1 Å². The molecule has 2 rings (SSSR count). The molecule has 0 unspecified atom stereocenters. The van der Waals surface area contributed by atoms with Gasteiger partial charge in [0.2, 0.25) is 0 Å². The van der Waals surface area contributed by atoms with Crippen LogP contribution in [0.25, 0.3) is 0 Å². The van der Waals surface area contributed by atoms with Gasteiger partial charge in [0.05, 0.1) is 11.3 Å². The summed E-state index contributed by atoms with van der Waals surface area (Å²) in [6.07, 6.45) is 0. The lowest BCUT2D eigenvalue weighted by molar-refractivity contribution is 0.101. The van der Waals surface area contributed by atoms with Gasteiger partial charge in [-0.2, -0.15) is 0 Å². The summed E-state index contributed by atoms with van der Waals surface area (Å²) in [4.78, 5) is 12.0. The molecule has 0 radical (unpaired) electrons. The van der Waals surface area contributed by atoms with Crippen LogP contribution in [0.4, 0.5) is 4.39 Å². The number of hydrogen-bond donors (Lipinski definition) is 0. The second kappa shape index (κ2) is 2.99. The number of ketones is 1. The molecule has 1 nitrogen and oxygen atoms in total. The second-order valence-electron chi connectivity index (χ2n) is 2.45. The molecule has 0 amide bonds. The fraction of sp³-hybridized carbons (Fsp3) is 0.125. The number of rotatable bonds is 0. The molecule has 1 heterocycles. The molecule has 0 aliphatic carbocycles. The zero-order chi connectivity index (χ0) is 8.72. The fourth-order valence-electron chi connectivity index (χ4n) is 1.14. The molecule has 0 spiro atoms. The molecular weight excluding hydrogens is 290 g/mol. The van der Waals surface area contributed by atoms with Crippen molar-refractivity contribution < 1.29 is 9.18 Å². The van der Waals surface area contributed by atoms with E-state index in [9.17, 15) is 9.18 Å². The highest BCUT2D eigenvalue weighted by Crippen LogP contribution is 2.36. The molecule has 0 saturated carbocycles. The lowest BCUT2D eigenvalue weighted by Crippen LogP contribution is -1.99. The van der Waals surface area contributed by atoms with Gasteiger partial charge in [-0.15, -0.1) is 11.8 Å². The van der Waals surface area contributed by atoms with E-state index in [1.54, 1.807) is 6.07 Å². The maximum atomic E-state index is 13.1. The average Bonchev–Trinajstić information content (AvgIpc) is 2.42. The Labute approximate surface area is 86.9 Å².